The second-order valence-corrected chi connectivity index (χ2v) is 13.5. The molecule has 1 unspecified atom stereocenters. The number of aromatic nitrogens is 3. The van der Waals surface area contributed by atoms with Crippen LogP contribution in [0.25, 0.3) is 10.9 Å². The van der Waals surface area contributed by atoms with E-state index < -0.39 is 0 Å². The van der Waals surface area contributed by atoms with Crippen LogP contribution in [-0.4, -0.2) is 32.3 Å². The van der Waals surface area contributed by atoms with Crippen molar-refractivity contribution in [2.24, 2.45) is 0 Å². The number of pyridine rings is 1. The molecule has 1 fully saturated rings. The van der Waals surface area contributed by atoms with Gasteiger partial charge in [0, 0.05) is 22.5 Å². The molecule has 7 heteroatoms. The molecule has 2 aromatic heterocycles. The van der Waals surface area contributed by atoms with Crippen molar-refractivity contribution in [2.45, 2.75) is 64.2 Å². The van der Waals surface area contributed by atoms with E-state index in [0.29, 0.717) is 5.69 Å². The van der Waals surface area contributed by atoms with E-state index in [0.717, 1.165) is 33.5 Å². The van der Waals surface area contributed by atoms with E-state index in [4.69, 9.17) is 4.74 Å². The van der Waals surface area contributed by atoms with Crippen molar-refractivity contribution in [1.29, 1.82) is 0 Å². The van der Waals surface area contributed by atoms with Crippen LogP contribution in [0.15, 0.2) is 61.1 Å². The minimum absolute atomic E-state index is 0.0764. The Balaban J connectivity index is 1.32. The zero-order valence-electron chi connectivity index (χ0n) is 23.0. The number of hydrogen-bond acceptors (Lipinski definition) is 4. The Kier molecular flexibility index (Phi) is 6.90. The van der Waals surface area contributed by atoms with Crippen molar-refractivity contribution in [3.63, 3.8) is 0 Å². The van der Waals surface area contributed by atoms with Gasteiger partial charge in [-0.1, -0.05) is 23.6 Å². The number of amides is 1. The van der Waals surface area contributed by atoms with Crippen LogP contribution in [-0.2, 0) is 21.5 Å². The molecule has 1 aliphatic rings. The van der Waals surface area contributed by atoms with Gasteiger partial charge in [0.2, 0.25) is 5.91 Å². The van der Waals surface area contributed by atoms with Crippen molar-refractivity contribution in [3.8, 4) is 11.5 Å². The third-order valence-corrected chi connectivity index (χ3v) is 9.86. The van der Waals surface area contributed by atoms with E-state index in [2.05, 4.69) is 72.9 Å². The number of aryl methyl sites for hydroxylation is 1. The maximum atomic E-state index is 12.7. The largest absolute Gasteiger partial charge is 0.456 e. The molecule has 198 valence electrons. The summed E-state index contributed by atoms with van der Waals surface area (Å²) in [5, 5.41) is 10.7. The fraction of sp³-hybridized carbons (Fsp3) is 0.355. The average molecular weight is 529 g/mol. The van der Waals surface area contributed by atoms with Crippen molar-refractivity contribution >= 4 is 38.3 Å². The zero-order chi connectivity index (χ0) is 27.1. The molecule has 0 aliphatic heterocycles. The zero-order valence-corrected chi connectivity index (χ0v) is 23.9. The van der Waals surface area contributed by atoms with Gasteiger partial charge in [-0.15, -0.1) is 0 Å². The van der Waals surface area contributed by atoms with Gasteiger partial charge in [-0.3, -0.25) is 14.5 Å². The first-order valence-corrected chi connectivity index (χ1v) is 14.7. The van der Waals surface area contributed by atoms with Crippen LogP contribution in [0, 0.1) is 6.92 Å². The van der Waals surface area contributed by atoms with Gasteiger partial charge in [-0.05, 0) is 94.7 Å². The normalized spacial score (nSPS) is 15.4. The second kappa shape index (κ2) is 10.0. The first-order chi connectivity index (χ1) is 18.1. The standard InChI is InChI=1S/C31H36N4O2S/c1-7-38(6)31(13-14-31)23-9-10-26-25(18-23)28(12-15-32-26)37-27-11-8-22(16-21(27)2)17-29(36)34-24-19-33-35(20-24)30(3,4)5/h7-12,15-16,18-20H,13-14,17H2,1-6H3,(H,34,36). The average Bonchev–Trinajstić information content (AvgIpc) is 3.55. The van der Waals surface area contributed by atoms with Crippen LogP contribution in [0.1, 0.15) is 57.2 Å². The maximum Gasteiger partial charge on any atom is 0.228 e. The Morgan fingerprint density at radius 3 is 2.61 bits per heavy atom. The van der Waals surface area contributed by atoms with Gasteiger partial charge >= 0.3 is 0 Å². The number of carbonyl (C=O) groups excluding carboxylic acids is 1. The summed E-state index contributed by atoms with van der Waals surface area (Å²) in [7, 11) is 0.234. The molecule has 1 amide bonds. The number of nitrogens with one attached hydrogen (secondary N) is 1. The lowest BCUT2D eigenvalue weighted by Crippen LogP contribution is -2.22. The highest BCUT2D eigenvalue weighted by molar-refractivity contribution is 8.15. The lowest BCUT2D eigenvalue weighted by Gasteiger charge is -2.19. The van der Waals surface area contributed by atoms with Crippen molar-refractivity contribution in [2.75, 3.05) is 11.6 Å². The number of hydrogen-bond donors (Lipinski definition) is 1. The molecule has 0 spiro atoms. The lowest BCUT2D eigenvalue weighted by atomic mass is 10.1. The summed E-state index contributed by atoms with van der Waals surface area (Å²) < 4.78 is 8.54. The number of ether oxygens (including phenoxy) is 1. The molecule has 1 atom stereocenters. The van der Waals surface area contributed by atoms with Crippen LogP contribution >= 0.6 is 10.5 Å². The second-order valence-electron chi connectivity index (χ2n) is 11.1. The van der Waals surface area contributed by atoms with Gasteiger partial charge in [-0.25, -0.2) is 0 Å². The first kappa shape index (κ1) is 26.2. The molecule has 0 radical (unpaired) electrons. The van der Waals surface area contributed by atoms with Crippen LogP contribution in [0.2, 0.25) is 0 Å². The summed E-state index contributed by atoms with van der Waals surface area (Å²) in [6, 6.07) is 14.5. The summed E-state index contributed by atoms with van der Waals surface area (Å²) in [5.74, 6) is 1.50. The summed E-state index contributed by atoms with van der Waals surface area (Å²) in [5.41, 5.74) is 4.77. The molecule has 2 aromatic carbocycles. The molecule has 38 heavy (non-hydrogen) atoms. The van der Waals surface area contributed by atoms with E-state index in [1.165, 1.54) is 18.4 Å². The molecule has 4 aromatic rings. The van der Waals surface area contributed by atoms with Crippen LogP contribution in [0.4, 0.5) is 5.69 Å². The highest BCUT2D eigenvalue weighted by Crippen LogP contribution is 2.59. The van der Waals surface area contributed by atoms with Crippen LogP contribution in [0.3, 0.4) is 0 Å². The van der Waals surface area contributed by atoms with Crippen molar-refractivity contribution < 1.29 is 9.53 Å². The number of rotatable bonds is 7. The molecule has 1 saturated carbocycles. The summed E-state index contributed by atoms with van der Waals surface area (Å²) >= 11 is 0. The van der Waals surface area contributed by atoms with Crippen LogP contribution < -0.4 is 10.1 Å². The van der Waals surface area contributed by atoms with Gasteiger partial charge in [0.1, 0.15) is 11.5 Å². The van der Waals surface area contributed by atoms with Crippen molar-refractivity contribution in [1.82, 2.24) is 14.8 Å². The number of anilines is 1. The molecular formula is C31H36N4O2S. The number of benzene rings is 2. The number of fused-ring (bicyclic) bond motifs is 1. The molecule has 0 saturated heterocycles. The summed E-state index contributed by atoms with van der Waals surface area (Å²) in [4.78, 5) is 17.2. The third-order valence-electron chi connectivity index (χ3n) is 7.28. The third kappa shape index (κ3) is 5.25. The molecule has 1 N–H and O–H groups in total. The van der Waals surface area contributed by atoms with E-state index in [9.17, 15) is 4.79 Å². The Morgan fingerprint density at radius 2 is 1.95 bits per heavy atom. The smallest absolute Gasteiger partial charge is 0.228 e. The molecule has 5 rings (SSSR count). The summed E-state index contributed by atoms with van der Waals surface area (Å²) in [6.07, 6.45) is 10.4. The van der Waals surface area contributed by atoms with Gasteiger partial charge in [-0.2, -0.15) is 15.6 Å². The monoisotopic (exact) mass is 528 g/mol. The van der Waals surface area contributed by atoms with E-state index >= 15 is 0 Å². The van der Waals surface area contributed by atoms with Gasteiger partial charge in [0.25, 0.3) is 0 Å². The predicted octanol–water partition coefficient (Wildman–Crippen LogP) is 7.18. The first-order valence-electron chi connectivity index (χ1n) is 13.0. The van der Waals surface area contributed by atoms with Gasteiger partial charge in [0.15, 0.2) is 0 Å². The number of carbonyl (C=O) groups is 1. The van der Waals surface area contributed by atoms with Crippen molar-refractivity contribution in [3.05, 3.63) is 77.7 Å². The molecule has 1 aliphatic carbocycles. The van der Waals surface area contributed by atoms with Gasteiger partial charge < -0.3 is 10.1 Å². The van der Waals surface area contributed by atoms with E-state index in [1.807, 2.05) is 42.1 Å². The highest BCUT2D eigenvalue weighted by Gasteiger charge is 2.45. The Bertz CT molecular complexity index is 1540. The van der Waals surface area contributed by atoms with E-state index in [1.54, 1.807) is 12.4 Å². The molecule has 2 heterocycles. The lowest BCUT2D eigenvalue weighted by molar-refractivity contribution is -0.115. The SMILES string of the molecule is C/C=S(/C)C1(c2ccc3nccc(Oc4ccc(CC(=O)Nc5cnn(C(C)(C)C)c5)cc4C)c3c2)CC1. The topological polar surface area (TPSA) is 69.0 Å². The van der Waals surface area contributed by atoms with Crippen LogP contribution in [0.5, 0.6) is 11.5 Å². The minimum atomic E-state index is -0.135. The van der Waals surface area contributed by atoms with E-state index in [-0.39, 0.29) is 33.1 Å². The summed E-state index contributed by atoms with van der Waals surface area (Å²) in [6.45, 7) is 10.4. The molecular weight excluding hydrogens is 492 g/mol. The molecule has 6 nitrogen and oxygen atoms in total. The molecule has 0 bridgehead atoms. The predicted molar refractivity (Wildman–Crippen MR) is 159 cm³/mol. The Morgan fingerprint density at radius 1 is 1.16 bits per heavy atom. The van der Waals surface area contributed by atoms with Gasteiger partial charge in [0.05, 0.1) is 29.4 Å². The fourth-order valence-electron chi connectivity index (χ4n) is 4.83. The maximum absolute atomic E-state index is 12.7. The quantitative estimate of drug-likeness (QED) is 0.258. The Labute approximate surface area is 227 Å². The minimum Gasteiger partial charge on any atom is -0.456 e. The fourth-order valence-corrected chi connectivity index (χ4v) is 6.52. The highest BCUT2D eigenvalue weighted by atomic mass is 32.2. The number of nitrogens with zero attached hydrogens (tertiary/aromatic N) is 3. The Hall–Kier alpha value is -3.45.